The highest BCUT2D eigenvalue weighted by Gasteiger charge is 2.25. The van der Waals surface area contributed by atoms with Crippen LogP contribution in [-0.2, 0) is 5.41 Å². The van der Waals surface area contributed by atoms with E-state index in [1.54, 1.807) is 22.3 Å². The maximum atomic E-state index is 12.7. The van der Waals surface area contributed by atoms with E-state index in [9.17, 15) is 4.79 Å². The Morgan fingerprint density at radius 2 is 2.00 bits per heavy atom. The molecule has 3 aromatic rings. The summed E-state index contributed by atoms with van der Waals surface area (Å²) in [5.41, 5.74) is 10.8. The van der Waals surface area contributed by atoms with Crippen LogP contribution in [0, 0.1) is 0 Å². The summed E-state index contributed by atoms with van der Waals surface area (Å²) in [7, 11) is 0. The molecule has 1 fully saturated rings. The van der Waals surface area contributed by atoms with Crippen LogP contribution in [0.25, 0.3) is 21.6 Å². The number of nitrogens with zero attached hydrogens (tertiary/aromatic N) is 2. The van der Waals surface area contributed by atoms with Gasteiger partial charge in [-0.15, -0.1) is 11.3 Å². The quantitative estimate of drug-likeness (QED) is 0.577. The van der Waals surface area contributed by atoms with Gasteiger partial charge in [-0.2, -0.15) is 0 Å². The number of benzene rings is 1. The maximum absolute atomic E-state index is 12.7. The summed E-state index contributed by atoms with van der Waals surface area (Å²) in [5, 5.41) is 2.72. The predicted molar refractivity (Wildman–Crippen MR) is 125 cm³/mol. The van der Waals surface area contributed by atoms with Gasteiger partial charge in [-0.25, -0.2) is 0 Å². The van der Waals surface area contributed by atoms with Crippen LogP contribution in [0.2, 0.25) is 5.02 Å². The number of pyridine rings is 1. The summed E-state index contributed by atoms with van der Waals surface area (Å²) in [6.07, 6.45) is 2.71. The maximum Gasteiger partial charge on any atom is 0.253 e. The van der Waals surface area contributed by atoms with E-state index >= 15 is 0 Å². The molecule has 1 aliphatic heterocycles. The van der Waals surface area contributed by atoms with Gasteiger partial charge in [0.2, 0.25) is 0 Å². The Hall–Kier alpha value is -2.21. The Kier molecular flexibility index (Phi) is 5.71. The molecule has 1 saturated heterocycles. The first-order valence-corrected chi connectivity index (χ1v) is 11.4. The van der Waals surface area contributed by atoms with Gasteiger partial charge in [0, 0.05) is 52.4 Å². The van der Waals surface area contributed by atoms with Crippen molar-refractivity contribution in [2.24, 2.45) is 5.73 Å². The highest BCUT2D eigenvalue weighted by Crippen LogP contribution is 2.37. The number of carbonyl (C=O) groups excluding carboxylic acids is 1. The number of hydrogen-bond donors (Lipinski definition) is 1. The second kappa shape index (κ2) is 8.14. The number of hydrogen-bond acceptors (Lipinski definition) is 4. The highest BCUT2D eigenvalue weighted by atomic mass is 35.5. The zero-order valence-corrected chi connectivity index (χ0v) is 19.1. The number of rotatable bonds is 3. The van der Waals surface area contributed by atoms with Crippen LogP contribution < -0.4 is 5.73 Å². The van der Waals surface area contributed by atoms with Gasteiger partial charge in [0.05, 0.1) is 5.02 Å². The fourth-order valence-electron chi connectivity index (χ4n) is 3.65. The van der Waals surface area contributed by atoms with Gasteiger partial charge in [-0.3, -0.25) is 9.78 Å². The van der Waals surface area contributed by atoms with Gasteiger partial charge >= 0.3 is 0 Å². The molecule has 1 atom stereocenters. The zero-order valence-electron chi connectivity index (χ0n) is 17.5. The second-order valence-corrected chi connectivity index (χ2v) is 10.2. The molecule has 0 aliphatic carbocycles. The Morgan fingerprint density at radius 3 is 2.67 bits per heavy atom. The summed E-state index contributed by atoms with van der Waals surface area (Å²) in [6.45, 7) is 7.80. The third-order valence-corrected chi connectivity index (χ3v) is 6.73. The van der Waals surface area contributed by atoms with Crippen molar-refractivity contribution in [3.8, 4) is 21.6 Å². The largest absolute Gasteiger partial charge is 0.337 e. The minimum absolute atomic E-state index is 0.000201. The number of thiophene rings is 1. The van der Waals surface area contributed by atoms with Crippen LogP contribution in [-0.4, -0.2) is 34.9 Å². The van der Waals surface area contributed by atoms with Gasteiger partial charge in [-0.05, 0) is 53.3 Å². The molecule has 0 spiro atoms. The standard InChI is InChI=1S/C24H26ClN3OS/c1-24(2,3)22-12-15(6-8-27-22)17-11-21(30-14-17)19-5-4-16(10-20(19)25)23(29)28-9-7-18(26)13-28/h4-6,8,10-12,14,18H,7,9,13,26H2,1-3H3/t18-/m1/s1. The highest BCUT2D eigenvalue weighted by molar-refractivity contribution is 7.14. The van der Waals surface area contributed by atoms with Gasteiger partial charge < -0.3 is 10.6 Å². The Labute approximate surface area is 186 Å². The minimum Gasteiger partial charge on any atom is -0.337 e. The number of nitrogens with two attached hydrogens (primary N) is 1. The van der Waals surface area contributed by atoms with Crippen LogP contribution in [0.15, 0.2) is 48.0 Å². The van der Waals surface area contributed by atoms with E-state index in [1.807, 2.05) is 24.4 Å². The van der Waals surface area contributed by atoms with Gasteiger partial charge in [0.15, 0.2) is 0 Å². The average molecular weight is 440 g/mol. The Morgan fingerprint density at radius 1 is 1.20 bits per heavy atom. The molecule has 4 rings (SSSR count). The molecule has 2 N–H and O–H groups in total. The van der Waals surface area contributed by atoms with Crippen molar-refractivity contribution in [3.63, 3.8) is 0 Å². The molecule has 4 nitrogen and oxygen atoms in total. The Bertz CT molecular complexity index is 1090. The van der Waals surface area contributed by atoms with Gasteiger partial charge in [-0.1, -0.05) is 38.4 Å². The van der Waals surface area contributed by atoms with Crippen molar-refractivity contribution in [2.45, 2.75) is 38.6 Å². The van der Waals surface area contributed by atoms with Crippen LogP contribution >= 0.6 is 22.9 Å². The van der Waals surface area contributed by atoms with E-state index in [-0.39, 0.29) is 17.4 Å². The minimum atomic E-state index is -0.00485. The normalized spacial score (nSPS) is 16.8. The lowest BCUT2D eigenvalue weighted by molar-refractivity contribution is 0.0791. The molecule has 1 amide bonds. The Balaban J connectivity index is 1.59. The van der Waals surface area contributed by atoms with E-state index in [4.69, 9.17) is 17.3 Å². The van der Waals surface area contributed by atoms with Crippen molar-refractivity contribution >= 4 is 28.8 Å². The van der Waals surface area contributed by atoms with E-state index in [0.29, 0.717) is 23.7 Å². The van der Waals surface area contributed by atoms with Crippen molar-refractivity contribution in [3.05, 3.63) is 64.3 Å². The molecule has 0 unspecified atom stereocenters. The summed E-state index contributed by atoms with van der Waals surface area (Å²) in [4.78, 5) is 20.1. The summed E-state index contributed by atoms with van der Waals surface area (Å²) in [6, 6.07) is 12.0. The molecule has 0 saturated carbocycles. The van der Waals surface area contributed by atoms with Gasteiger partial charge in [0.25, 0.3) is 5.91 Å². The second-order valence-electron chi connectivity index (χ2n) is 8.87. The smallest absolute Gasteiger partial charge is 0.253 e. The third kappa shape index (κ3) is 4.29. The van der Waals surface area contributed by atoms with E-state index in [2.05, 4.69) is 43.3 Å². The molecule has 30 heavy (non-hydrogen) atoms. The number of carbonyl (C=O) groups is 1. The summed E-state index contributed by atoms with van der Waals surface area (Å²) in [5.74, 6) is -0.00485. The molecular weight excluding hydrogens is 414 g/mol. The van der Waals surface area contributed by atoms with Crippen LogP contribution in [0.4, 0.5) is 0 Å². The first-order valence-electron chi connectivity index (χ1n) is 10.1. The number of likely N-dealkylation sites (tertiary alicyclic amines) is 1. The molecule has 6 heteroatoms. The lowest BCUT2D eigenvalue weighted by Crippen LogP contribution is -2.31. The van der Waals surface area contributed by atoms with Crippen LogP contribution in [0.5, 0.6) is 0 Å². The average Bonchev–Trinajstić information content (AvgIpc) is 3.36. The number of halogens is 1. The topological polar surface area (TPSA) is 59.2 Å². The van der Waals surface area contributed by atoms with E-state index in [1.165, 1.54) is 0 Å². The molecular formula is C24H26ClN3OS. The first-order chi connectivity index (χ1) is 14.2. The zero-order chi connectivity index (χ0) is 21.5. The lowest BCUT2D eigenvalue weighted by Gasteiger charge is -2.18. The molecule has 1 aliphatic rings. The van der Waals surface area contributed by atoms with Crippen molar-refractivity contribution in [1.29, 1.82) is 0 Å². The van der Waals surface area contributed by atoms with Crippen LogP contribution in [0.3, 0.4) is 0 Å². The van der Waals surface area contributed by atoms with E-state index < -0.39 is 0 Å². The van der Waals surface area contributed by atoms with Crippen LogP contribution in [0.1, 0.15) is 43.2 Å². The van der Waals surface area contributed by atoms with Crippen molar-refractivity contribution in [2.75, 3.05) is 13.1 Å². The molecule has 0 bridgehead atoms. The number of amides is 1. The summed E-state index contributed by atoms with van der Waals surface area (Å²) >= 11 is 8.23. The molecule has 2 aromatic heterocycles. The van der Waals surface area contributed by atoms with Gasteiger partial charge in [0.1, 0.15) is 0 Å². The van der Waals surface area contributed by atoms with Crippen molar-refractivity contribution < 1.29 is 4.79 Å². The number of aromatic nitrogens is 1. The fourth-order valence-corrected chi connectivity index (χ4v) is 4.95. The monoisotopic (exact) mass is 439 g/mol. The fraction of sp³-hybridized carbons (Fsp3) is 0.333. The van der Waals surface area contributed by atoms with Crippen molar-refractivity contribution in [1.82, 2.24) is 9.88 Å². The summed E-state index contributed by atoms with van der Waals surface area (Å²) < 4.78 is 0. The predicted octanol–water partition coefficient (Wildman–Crippen LogP) is 5.60. The first kappa shape index (κ1) is 21.0. The lowest BCUT2D eigenvalue weighted by atomic mass is 9.90. The molecule has 0 radical (unpaired) electrons. The molecule has 1 aromatic carbocycles. The SMILES string of the molecule is CC(C)(C)c1cc(-c2csc(-c3ccc(C(=O)N4CC[C@@H](N)C4)cc3Cl)c2)ccn1. The molecule has 156 valence electrons. The third-order valence-electron chi connectivity index (χ3n) is 5.45. The van der Waals surface area contributed by atoms with E-state index in [0.717, 1.165) is 33.7 Å². The molecule has 3 heterocycles.